The van der Waals surface area contributed by atoms with E-state index in [0.29, 0.717) is 19.5 Å². The van der Waals surface area contributed by atoms with Crippen molar-refractivity contribution < 1.29 is 9.90 Å². The molecule has 1 unspecified atom stereocenters. The summed E-state index contributed by atoms with van der Waals surface area (Å²) in [6.07, 6.45) is 0.557. The van der Waals surface area contributed by atoms with E-state index in [4.69, 9.17) is 0 Å². The van der Waals surface area contributed by atoms with Gasteiger partial charge in [0.1, 0.15) is 5.54 Å². The second-order valence-electron chi connectivity index (χ2n) is 5.13. The molecular weight excluding hydrogens is 240 g/mol. The Balaban J connectivity index is 2.70. The normalized spacial score (nSPS) is 13.9. The van der Waals surface area contributed by atoms with Gasteiger partial charge < -0.3 is 15.3 Å². The number of hydrogen-bond acceptors (Lipinski definition) is 3. The second-order valence-corrected chi connectivity index (χ2v) is 5.13. The van der Waals surface area contributed by atoms with Crippen molar-refractivity contribution >= 4 is 11.7 Å². The Morgan fingerprint density at radius 2 is 2.05 bits per heavy atom. The minimum Gasteiger partial charge on any atom is -0.480 e. The van der Waals surface area contributed by atoms with E-state index >= 15 is 0 Å². The first-order chi connectivity index (χ1) is 8.90. The van der Waals surface area contributed by atoms with E-state index in [1.165, 1.54) is 5.56 Å². The fraction of sp³-hybridized carbons (Fsp3) is 0.533. The van der Waals surface area contributed by atoms with Crippen molar-refractivity contribution in [2.24, 2.45) is 0 Å². The largest absolute Gasteiger partial charge is 0.480 e. The molecule has 2 N–H and O–H groups in total. The lowest BCUT2D eigenvalue weighted by atomic mass is 9.97. The average molecular weight is 264 g/mol. The summed E-state index contributed by atoms with van der Waals surface area (Å²) in [6.45, 7) is 7.07. The molecule has 106 valence electrons. The number of carbonyl (C=O) groups is 1. The number of nitrogens with one attached hydrogen (secondary N) is 1. The van der Waals surface area contributed by atoms with E-state index < -0.39 is 11.5 Å². The number of aryl methyl sites for hydroxylation is 1. The molecule has 0 spiro atoms. The van der Waals surface area contributed by atoms with Crippen LogP contribution >= 0.6 is 0 Å². The third-order valence-corrected chi connectivity index (χ3v) is 3.51. The molecule has 19 heavy (non-hydrogen) atoms. The molecule has 4 heteroatoms. The first-order valence-corrected chi connectivity index (χ1v) is 6.66. The van der Waals surface area contributed by atoms with Crippen molar-refractivity contribution in [3.63, 3.8) is 0 Å². The smallest absolute Gasteiger partial charge is 0.323 e. The Bertz CT molecular complexity index is 434. The number of nitrogens with zero attached hydrogens (tertiary/aromatic N) is 1. The maximum Gasteiger partial charge on any atom is 0.323 e. The first-order valence-electron chi connectivity index (χ1n) is 6.66. The van der Waals surface area contributed by atoms with Crippen LogP contribution in [0, 0.1) is 6.92 Å². The third-order valence-electron chi connectivity index (χ3n) is 3.51. The van der Waals surface area contributed by atoms with Crippen molar-refractivity contribution in [3.05, 3.63) is 29.8 Å². The second kappa shape index (κ2) is 6.57. The summed E-state index contributed by atoms with van der Waals surface area (Å²) < 4.78 is 0. The van der Waals surface area contributed by atoms with Crippen LogP contribution in [0.3, 0.4) is 0 Å². The highest BCUT2D eigenvalue weighted by molar-refractivity contribution is 5.78. The quantitative estimate of drug-likeness (QED) is 0.793. The average Bonchev–Trinajstić information content (AvgIpc) is 2.36. The van der Waals surface area contributed by atoms with Gasteiger partial charge in [0.05, 0.1) is 0 Å². The number of likely N-dealkylation sites (N-methyl/N-ethyl adjacent to an activating group) is 1. The van der Waals surface area contributed by atoms with E-state index in [9.17, 15) is 9.90 Å². The van der Waals surface area contributed by atoms with E-state index in [0.717, 1.165) is 5.69 Å². The molecule has 0 fully saturated rings. The lowest BCUT2D eigenvalue weighted by Gasteiger charge is -2.29. The standard InChI is InChI=1S/C15H24N2O2/c1-5-16-15(3,14(18)19)10-11-17(4)13-9-7-6-8-12(13)2/h6-9,16H,5,10-11H2,1-4H3,(H,18,19). The molecule has 0 heterocycles. The molecule has 0 aliphatic carbocycles. The van der Waals surface area contributed by atoms with E-state index in [2.05, 4.69) is 29.3 Å². The van der Waals surface area contributed by atoms with Gasteiger partial charge in [-0.15, -0.1) is 0 Å². The number of para-hydroxylation sites is 1. The van der Waals surface area contributed by atoms with Crippen LogP contribution in [0.2, 0.25) is 0 Å². The molecule has 0 saturated heterocycles. The van der Waals surface area contributed by atoms with E-state index in [1.807, 2.05) is 26.1 Å². The van der Waals surface area contributed by atoms with Crippen molar-refractivity contribution in [2.45, 2.75) is 32.7 Å². The fourth-order valence-electron chi connectivity index (χ4n) is 2.16. The van der Waals surface area contributed by atoms with Crippen molar-refractivity contribution in [1.29, 1.82) is 0 Å². The van der Waals surface area contributed by atoms with Gasteiger partial charge in [0.15, 0.2) is 0 Å². The van der Waals surface area contributed by atoms with Crippen LogP contribution in [0.15, 0.2) is 24.3 Å². The van der Waals surface area contributed by atoms with Crippen LogP contribution < -0.4 is 10.2 Å². The Labute approximate surface area is 115 Å². The van der Waals surface area contributed by atoms with Gasteiger partial charge in [0, 0.05) is 19.3 Å². The lowest BCUT2D eigenvalue weighted by Crippen LogP contribution is -2.51. The highest BCUT2D eigenvalue weighted by Crippen LogP contribution is 2.20. The van der Waals surface area contributed by atoms with Gasteiger partial charge in [-0.2, -0.15) is 0 Å². The van der Waals surface area contributed by atoms with Gasteiger partial charge in [-0.05, 0) is 38.4 Å². The van der Waals surface area contributed by atoms with Crippen LogP contribution in [-0.2, 0) is 4.79 Å². The zero-order chi connectivity index (χ0) is 14.5. The number of benzene rings is 1. The lowest BCUT2D eigenvalue weighted by molar-refractivity contribution is -0.144. The van der Waals surface area contributed by atoms with Crippen LogP contribution in [-0.4, -0.2) is 36.8 Å². The predicted octanol–water partition coefficient (Wildman–Crippen LogP) is 2.27. The minimum absolute atomic E-state index is 0.557. The Kier molecular flexibility index (Phi) is 5.36. The zero-order valence-corrected chi connectivity index (χ0v) is 12.2. The molecule has 0 bridgehead atoms. The summed E-state index contributed by atoms with van der Waals surface area (Å²) in [5.41, 5.74) is 1.48. The summed E-state index contributed by atoms with van der Waals surface area (Å²) in [5.74, 6) is -0.799. The number of carboxylic acids is 1. The van der Waals surface area contributed by atoms with E-state index in [-0.39, 0.29) is 0 Å². The topological polar surface area (TPSA) is 52.6 Å². The summed E-state index contributed by atoms with van der Waals surface area (Å²) >= 11 is 0. The Morgan fingerprint density at radius 3 is 2.58 bits per heavy atom. The molecule has 4 nitrogen and oxygen atoms in total. The Hall–Kier alpha value is -1.55. The molecule has 0 aliphatic heterocycles. The molecule has 1 aromatic carbocycles. The summed E-state index contributed by atoms with van der Waals surface area (Å²) in [5, 5.41) is 12.4. The maximum absolute atomic E-state index is 11.3. The zero-order valence-electron chi connectivity index (χ0n) is 12.2. The van der Waals surface area contributed by atoms with Crippen molar-refractivity contribution in [1.82, 2.24) is 5.32 Å². The molecule has 0 aromatic heterocycles. The first kappa shape index (κ1) is 15.5. The van der Waals surface area contributed by atoms with Crippen LogP contribution in [0.25, 0.3) is 0 Å². The summed E-state index contributed by atoms with van der Waals surface area (Å²) in [6, 6.07) is 8.12. The summed E-state index contributed by atoms with van der Waals surface area (Å²) in [4.78, 5) is 13.5. The Morgan fingerprint density at radius 1 is 1.42 bits per heavy atom. The summed E-state index contributed by atoms with van der Waals surface area (Å²) in [7, 11) is 2.00. The number of carboxylic acid groups (broad SMARTS) is 1. The minimum atomic E-state index is -0.869. The van der Waals surface area contributed by atoms with Gasteiger partial charge in [-0.3, -0.25) is 4.79 Å². The van der Waals surface area contributed by atoms with Crippen LogP contribution in [0.5, 0.6) is 0 Å². The number of anilines is 1. The molecule has 1 atom stereocenters. The third kappa shape index (κ3) is 3.96. The van der Waals surface area contributed by atoms with Crippen molar-refractivity contribution in [2.75, 3.05) is 25.0 Å². The molecular formula is C15H24N2O2. The SMILES string of the molecule is CCNC(C)(CCN(C)c1ccccc1C)C(=O)O. The van der Waals surface area contributed by atoms with Crippen molar-refractivity contribution in [3.8, 4) is 0 Å². The van der Waals surface area contributed by atoms with Gasteiger partial charge >= 0.3 is 5.97 Å². The monoisotopic (exact) mass is 264 g/mol. The maximum atomic E-state index is 11.3. The van der Waals surface area contributed by atoms with Gasteiger partial charge in [-0.25, -0.2) is 0 Å². The number of rotatable bonds is 7. The molecule has 0 radical (unpaired) electrons. The highest BCUT2D eigenvalue weighted by Gasteiger charge is 2.31. The van der Waals surface area contributed by atoms with Crippen LogP contribution in [0.1, 0.15) is 25.8 Å². The molecule has 0 saturated carbocycles. The number of hydrogen-bond donors (Lipinski definition) is 2. The molecule has 1 aromatic rings. The van der Waals surface area contributed by atoms with Crippen LogP contribution in [0.4, 0.5) is 5.69 Å². The fourth-order valence-corrected chi connectivity index (χ4v) is 2.16. The highest BCUT2D eigenvalue weighted by atomic mass is 16.4. The number of aliphatic carboxylic acids is 1. The van der Waals surface area contributed by atoms with Gasteiger partial charge in [-0.1, -0.05) is 25.1 Å². The molecule has 0 amide bonds. The van der Waals surface area contributed by atoms with E-state index in [1.54, 1.807) is 6.92 Å². The molecule has 0 aliphatic rings. The predicted molar refractivity (Wildman–Crippen MR) is 78.8 cm³/mol. The van der Waals surface area contributed by atoms with Gasteiger partial charge in [0.25, 0.3) is 0 Å². The van der Waals surface area contributed by atoms with Gasteiger partial charge in [0.2, 0.25) is 0 Å². The molecule has 1 rings (SSSR count).